The van der Waals surface area contributed by atoms with E-state index in [1.807, 2.05) is 111 Å². The van der Waals surface area contributed by atoms with Gasteiger partial charge in [0.15, 0.2) is 0 Å². The van der Waals surface area contributed by atoms with Crippen LogP contribution < -0.4 is 5.32 Å². The number of nitrogens with zero attached hydrogens (tertiary/aromatic N) is 1. The normalized spacial score (nSPS) is 16.3. The molecule has 1 aliphatic rings. The summed E-state index contributed by atoms with van der Waals surface area (Å²) in [5.41, 5.74) is -1.46. The van der Waals surface area contributed by atoms with Gasteiger partial charge in [-0.3, -0.25) is 5.32 Å². The van der Waals surface area contributed by atoms with Crippen LogP contribution in [0.1, 0.15) is 43.0 Å². The van der Waals surface area contributed by atoms with Crippen LogP contribution in [0, 0.1) is 11.3 Å². The molecule has 0 amide bonds. The van der Waals surface area contributed by atoms with Gasteiger partial charge in [-0.1, -0.05) is 170 Å². The summed E-state index contributed by atoms with van der Waals surface area (Å²) in [6.07, 6.45) is -0.980. The number of rotatable bonds is 6. The van der Waals surface area contributed by atoms with Gasteiger partial charge in [0.05, 0.1) is 12.1 Å². The number of nitriles is 1. The van der Waals surface area contributed by atoms with Crippen molar-refractivity contribution in [1.82, 2.24) is 5.32 Å². The standard InChI is InChI=1S/C47H39NO3.C2H3N.2ClH.Ti/c1-45(2)48-43(46(49,39-27-11-19-31-15-3-7-23-35(31)39)40-28-12-20-32-16-4-8-24-36(32)40)44(51-45)47(50,41-29-13-21-33-17-5-9-25-37(33)41)42-30-14-22-34-18-6-10-26-38(34)42;1-2-3;;;/h3-30,43-44,48-50H,1-2H3;1H3;2*1H;/q;;;;+2/p-2. The monoisotopic (exact) mass is 824 g/mol. The molecular weight excluding hydrogens is 783 g/mol. The molecule has 9 rings (SSSR count). The first-order chi connectivity index (χ1) is 27.6. The summed E-state index contributed by atoms with van der Waals surface area (Å²) in [5, 5.41) is 47.0. The van der Waals surface area contributed by atoms with Crippen molar-refractivity contribution in [1.29, 1.82) is 5.26 Å². The van der Waals surface area contributed by atoms with Gasteiger partial charge in [-0.25, -0.2) is 0 Å². The molecule has 1 aliphatic heterocycles. The second-order valence-corrected chi connectivity index (χ2v) is 17.2. The Morgan fingerprint density at radius 3 is 1.12 bits per heavy atom. The quantitative estimate of drug-likeness (QED) is 0.145. The molecule has 1 fully saturated rings. The number of hydrogen-bond acceptors (Lipinski definition) is 5. The van der Waals surface area contributed by atoms with Gasteiger partial charge in [0.25, 0.3) is 0 Å². The van der Waals surface area contributed by atoms with Gasteiger partial charge >= 0.3 is 35.6 Å². The van der Waals surface area contributed by atoms with E-state index in [4.69, 9.17) is 28.6 Å². The Morgan fingerprint density at radius 2 is 0.807 bits per heavy atom. The van der Waals surface area contributed by atoms with Crippen LogP contribution in [0.25, 0.3) is 43.1 Å². The fourth-order valence-electron chi connectivity index (χ4n) is 8.68. The van der Waals surface area contributed by atoms with E-state index >= 15 is 0 Å². The molecule has 57 heavy (non-hydrogen) atoms. The summed E-state index contributed by atoms with van der Waals surface area (Å²) in [5.74, 6) is 0. The Hall–Kier alpha value is -4.58. The molecule has 8 heteroatoms. The minimum atomic E-state index is -1.74. The van der Waals surface area contributed by atoms with E-state index in [0.717, 1.165) is 54.2 Å². The fourth-order valence-corrected chi connectivity index (χ4v) is 8.68. The molecule has 0 aliphatic carbocycles. The third kappa shape index (κ3) is 7.50. The van der Waals surface area contributed by atoms with Crippen molar-refractivity contribution in [3.8, 4) is 6.07 Å². The van der Waals surface area contributed by atoms with Crippen LogP contribution in [-0.4, -0.2) is 28.1 Å². The number of nitrogens with one attached hydrogen (secondary N) is 1. The first-order valence-corrected chi connectivity index (χ1v) is 23.0. The zero-order chi connectivity index (χ0) is 40.2. The van der Waals surface area contributed by atoms with E-state index in [-0.39, 0.29) is 0 Å². The summed E-state index contributed by atoms with van der Waals surface area (Å²) < 4.78 is 7.13. The van der Waals surface area contributed by atoms with Crippen molar-refractivity contribution >= 4 is 61.7 Å². The molecule has 0 saturated carbocycles. The first kappa shape index (κ1) is 40.6. The molecule has 284 valence electrons. The maximum absolute atomic E-state index is 14.1. The summed E-state index contributed by atoms with van der Waals surface area (Å²) in [6, 6.07) is 57.9. The van der Waals surface area contributed by atoms with Gasteiger partial charge in [0, 0.05) is 6.92 Å². The SMILES string of the molecule is CC#N.CC1(C)NC(C(O)(c2cccc3ccccc23)c2cccc3ccccc23)C(C(O)(c2cccc3ccccc23)c2cccc3ccccc23)O1.[Cl][Ti][Cl]. The van der Waals surface area contributed by atoms with Gasteiger partial charge in [0.1, 0.15) is 23.0 Å². The first-order valence-electron chi connectivity index (χ1n) is 18.7. The molecule has 0 radical (unpaired) electrons. The molecule has 8 aromatic rings. The third-order valence-corrected chi connectivity index (χ3v) is 10.9. The van der Waals surface area contributed by atoms with Crippen LogP contribution in [0.3, 0.4) is 0 Å². The molecule has 0 bridgehead atoms. The van der Waals surface area contributed by atoms with Crippen molar-refractivity contribution in [2.45, 2.75) is 49.8 Å². The van der Waals surface area contributed by atoms with E-state index in [0.29, 0.717) is 11.1 Å². The van der Waals surface area contributed by atoms with Crippen LogP contribution >= 0.6 is 18.6 Å². The van der Waals surface area contributed by atoms with Crippen LogP contribution in [0.2, 0.25) is 0 Å². The van der Waals surface area contributed by atoms with Crippen LogP contribution in [-0.2, 0) is 33.0 Å². The van der Waals surface area contributed by atoms with E-state index in [2.05, 4.69) is 78.1 Å². The Kier molecular flexibility index (Phi) is 12.2. The van der Waals surface area contributed by atoms with E-state index in [9.17, 15) is 10.2 Å². The molecule has 0 spiro atoms. The third-order valence-electron chi connectivity index (χ3n) is 10.9. The van der Waals surface area contributed by atoms with Gasteiger partial charge in [-0.05, 0) is 79.2 Å². The Bertz CT molecular complexity index is 2370. The minimum absolute atomic E-state index is 0.556. The predicted octanol–water partition coefficient (Wildman–Crippen LogP) is 11.5. The van der Waals surface area contributed by atoms with Crippen LogP contribution in [0.15, 0.2) is 170 Å². The molecule has 8 aromatic carbocycles. The van der Waals surface area contributed by atoms with Gasteiger partial charge in [0.2, 0.25) is 0 Å². The molecule has 1 saturated heterocycles. The number of benzene rings is 8. The van der Waals surface area contributed by atoms with E-state index < -0.39 is 46.1 Å². The molecule has 3 N–H and O–H groups in total. The van der Waals surface area contributed by atoms with Crippen molar-refractivity contribution in [2.75, 3.05) is 0 Å². The summed E-state index contributed by atoms with van der Waals surface area (Å²) in [7, 11) is 9.78. The molecule has 1 heterocycles. The van der Waals surface area contributed by atoms with Crippen molar-refractivity contribution in [2.24, 2.45) is 0 Å². The fraction of sp³-hybridized carbons (Fsp3) is 0.163. The maximum atomic E-state index is 14.1. The van der Waals surface area contributed by atoms with Crippen molar-refractivity contribution in [3.63, 3.8) is 0 Å². The predicted molar refractivity (Wildman–Crippen MR) is 231 cm³/mol. The average molecular weight is 826 g/mol. The zero-order valence-corrected chi connectivity index (χ0v) is 34.9. The number of hydrogen-bond donors (Lipinski definition) is 3. The van der Waals surface area contributed by atoms with Gasteiger partial charge in [-0.2, -0.15) is 5.26 Å². The second kappa shape index (κ2) is 17.1. The van der Waals surface area contributed by atoms with Crippen LogP contribution in [0.4, 0.5) is 0 Å². The average Bonchev–Trinajstić information content (AvgIpc) is 3.59. The molecule has 2 atom stereocenters. The zero-order valence-electron chi connectivity index (χ0n) is 31.8. The second-order valence-electron chi connectivity index (χ2n) is 14.6. The molecular formula is C49H42Cl2N2O3Ti. The Morgan fingerprint density at radius 1 is 0.544 bits per heavy atom. The van der Waals surface area contributed by atoms with E-state index in [1.54, 1.807) is 6.07 Å². The van der Waals surface area contributed by atoms with Crippen LogP contribution in [0.5, 0.6) is 0 Å². The van der Waals surface area contributed by atoms with Crippen molar-refractivity contribution in [3.05, 3.63) is 192 Å². The number of aliphatic hydroxyl groups is 2. The topological polar surface area (TPSA) is 85.5 Å². The summed E-state index contributed by atoms with van der Waals surface area (Å²) in [6.45, 7) is 5.37. The van der Waals surface area contributed by atoms with Gasteiger partial charge < -0.3 is 14.9 Å². The summed E-state index contributed by atoms with van der Waals surface area (Å²) in [4.78, 5) is 0. The molecule has 2 unspecified atom stereocenters. The Balaban J connectivity index is 0.000000780. The van der Waals surface area contributed by atoms with E-state index in [1.165, 1.54) is 6.92 Å². The molecule has 5 nitrogen and oxygen atoms in total. The summed E-state index contributed by atoms with van der Waals surface area (Å²) >= 11 is -0.556. The number of fused-ring (bicyclic) bond motifs is 4. The van der Waals surface area contributed by atoms with Crippen molar-refractivity contribution < 1.29 is 32.0 Å². The number of halogens is 2. The van der Waals surface area contributed by atoms with Gasteiger partial charge in [-0.15, -0.1) is 0 Å². The Labute approximate surface area is 350 Å². The molecule has 0 aromatic heterocycles. The number of ether oxygens (including phenoxy) is 1.